The molecule has 0 radical (unpaired) electrons. The third kappa shape index (κ3) is 5.64. The van der Waals surface area contributed by atoms with Gasteiger partial charge in [-0.1, -0.05) is 12.1 Å². The number of piperidine rings is 1. The Bertz CT molecular complexity index is 1260. The van der Waals surface area contributed by atoms with Crippen LogP contribution in [-0.2, 0) is 18.1 Å². The predicted octanol–water partition coefficient (Wildman–Crippen LogP) is 6.30. The van der Waals surface area contributed by atoms with Gasteiger partial charge < -0.3 is 10.1 Å². The van der Waals surface area contributed by atoms with E-state index in [1.807, 2.05) is 37.7 Å². The van der Waals surface area contributed by atoms with Gasteiger partial charge in [-0.2, -0.15) is 22.0 Å². The van der Waals surface area contributed by atoms with Gasteiger partial charge in [-0.3, -0.25) is 4.90 Å². The molecule has 6 nitrogen and oxygen atoms in total. The number of aromatic nitrogens is 2. The minimum absolute atomic E-state index is 0.346. The Balaban J connectivity index is 1.26. The van der Waals surface area contributed by atoms with E-state index in [4.69, 9.17) is 14.7 Å². The van der Waals surface area contributed by atoms with Crippen molar-refractivity contribution >= 4 is 29.5 Å². The van der Waals surface area contributed by atoms with E-state index < -0.39 is 0 Å². The van der Waals surface area contributed by atoms with Crippen molar-refractivity contribution in [2.75, 3.05) is 24.7 Å². The average Bonchev–Trinajstić information content (AvgIpc) is 3.36. The molecule has 5 rings (SSSR count). The van der Waals surface area contributed by atoms with Crippen LogP contribution in [0.3, 0.4) is 0 Å². The van der Waals surface area contributed by atoms with Gasteiger partial charge in [0.05, 0.1) is 17.3 Å². The smallest absolute Gasteiger partial charge is 0.228 e. The molecule has 2 aromatic carbocycles. The molecule has 0 saturated carbocycles. The van der Waals surface area contributed by atoms with Crippen LogP contribution in [0.15, 0.2) is 41.3 Å². The molecule has 2 aliphatic rings. The fourth-order valence-corrected chi connectivity index (χ4v) is 6.29. The number of ether oxygens (including phenoxy) is 1. The molecule has 1 saturated heterocycles. The summed E-state index contributed by atoms with van der Waals surface area (Å²) in [6, 6.07) is 15.2. The molecule has 36 heavy (non-hydrogen) atoms. The number of benzene rings is 2. The Hall–Kier alpha value is -2.73. The average molecular weight is 518 g/mol. The molecule has 186 valence electrons. The van der Waals surface area contributed by atoms with E-state index in [-0.39, 0.29) is 0 Å². The van der Waals surface area contributed by atoms with E-state index >= 15 is 0 Å². The molecular weight excluding hydrogens is 486 g/mol. The standard InChI is InChI=1S/C28H31N5OS2/c1-18-12-21(14-29)13-19(2)26(18)34-27-24-16-36-17-25(24)31-28(32-27)30-22-8-10-33(11-9-22)15-20-4-6-23(35-3)7-5-20/h4-7,12-13,22H,8-11,15-17H2,1-3H3,(H,30,31,32). The van der Waals surface area contributed by atoms with Crippen molar-refractivity contribution in [3.63, 3.8) is 0 Å². The van der Waals surface area contributed by atoms with Crippen molar-refractivity contribution in [2.45, 2.75) is 55.7 Å². The first-order chi connectivity index (χ1) is 17.5. The first-order valence-corrected chi connectivity index (χ1v) is 14.7. The van der Waals surface area contributed by atoms with Crippen LogP contribution < -0.4 is 10.1 Å². The fourth-order valence-electron chi connectivity index (χ4n) is 4.85. The Morgan fingerprint density at radius 1 is 1.11 bits per heavy atom. The lowest BCUT2D eigenvalue weighted by Gasteiger charge is -2.32. The monoisotopic (exact) mass is 517 g/mol. The van der Waals surface area contributed by atoms with Crippen LogP contribution in [0.25, 0.3) is 0 Å². The zero-order chi connectivity index (χ0) is 25.1. The largest absolute Gasteiger partial charge is 0.438 e. The van der Waals surface area contributed by atoms with Crippen LogP contribution in [0.1, 0.15) is 46.4 Å². The maximum Gasteiger partial charge on any atom is 0.228 e. The zero-order valence-corrected chi connectivity index (χ0v) is 22.6. The Kier molecular flexibility index (Phi) is 7.70. The minimum Gasteiger partial charge on any atom is -0.438 e. The third-order valence-electron chi connectivity index (χ3n) is 6.81. The zero-order valence-electron chi connectivity index (χ0n) is 21.0. The molecule has 0 spiro atoms. The van der Waals surface area contributed by atoms with Gasteiger partial charge in [0.25, 0.3) is 0 Å². The van der Waals surface area contributed by atoms with Crippen molar-refractivity contribution in [3.05, 3.63) is 69.9 Å². The summed E-state index contributed by atoms with van der Waals surface area (Å²) in [6.45, 7) is 7.05. The first kappa shape index (κ1) is 24.9. The number of hydrogen-bond acceptors (Lipinski definition) is 8. The minimum atomic E-state index is 0.346. The second-order valence-electron chi connectivity index (χ2n) is 9.47. The highest BCUT2D eigenvalue weighted by Crippen LogP contribution is 2.38. The summed E-state index contributed by atoms with van der Waals surface area (Å²) in [4.78, 5) is 13.5. The van der Waals surface area contributed by atoms with Crippen LogP contribution in [0.4, 0.5) is 5.95 Å². The maximum atomic E-state index is 9.27. The molecule has 0 atom stereocenters. The summed E-state index contributed by atoms with van der Waals surface area (Å²) in [5.74, 6) is 3.80. The fraction of sp³-hybridized carbons (Fsp3) is 0.393. The second-order valence-corrected chi connectivity index (χ2v) is 11.3. The van der Waals surface area contributed by atoms with Crippen LogP contribution in [-0.4, -0.2) is 40.3 Å². The number of fused-ring (bicyclic) bond motifs is 1. The molecule has 0 unspecified atom stereocenters. The quantitative estimate of drug-likeness (QED) is 0.366. The molecule has 2 aliphatic heterocycles. The highest BCUT2D eigenvalue weighted by Gasteiger charge is 2.25. The van der Waals surface area contributed by atoms with E-state index in [1.54, 1.807) is 11.8 Å². The molecule has 3 heterocycles. The highest BCUT2D eigenvalue weighted by molar-refractivity contribution is 7.98. The van der Waals surface area contributed by atoms with Crippen LogP contribution in [0.2, 0.25) is 0 Å². The number of anilines is 1. The van der Waals surface area contributed by atoms with Gasteiger partial charge >= 0.3 is 0 Å². The van der Waals surface area contributed by atoms with Gasteiger partial charge in [0.1, 0.15) is 5.75 Å². The molecule has 3 aromatic rings. The van der Waals surface area contributed by atoms with E-state index in [0.717, 1.165) is 72.1 Å². The van der Waals surface area contributed by atoms with E-state index in [0.29, 0.717) is 23.4 Å². The van der Waals surface area contributed by atoms with Gasteiger partial charge in [-0.15, -0.1) is 11.8 Å². The molecule has 1 N–H and O–H groups in total. The van der Waals surface area contributed by atoms with Gasteiger partial charge in [-0.05, 0) is 73.9 Å². The number of likely N-dealkylation sites (tertiary alicyclic amines) is 1. The molecular formula is C28H31N5OS2. The molecule has 1 fully saturated rings. The third-order valence-corrected chi connectivity index (χ3v) is 8.53. The number of nitriles is 1. The number of rotatable bonds is 7. The molecule has 0 aliphatic carbocycles. The summed E-state index contributed by atoms with van der Waals surface area (Å²) >= 11 is 3.62. The van der Waals surface area contributed by atoms with Crippen molar-refractivity contribution in [2.24, 2.45) is 0 Å². The van der Waals surface area contributed by atoms with Crippen LogP contribution >= 0.6 is 23.5 Å². The van der Waals surface area contributed by atoms with Gasteiger partial charge in [0.15, 0.2) is 0 Å². The van der Waals surface area contributed by atoms with Crippen molar-refractivity contribution in [1.29, 1.82) is 5.26 Å². The normalized spacial score (nSPS) is 15.9. The summed E-state index contributed by atoms with van der Waals surface area (Å²) < 4.78 is 6.39. The molecule has 0 bridgehead atoms. The number of aryl methyl sites for hydroxylation is 2. The lowest BCUT2D eigenvalue weighted by atomic mass is 10.0. The number of nitrogens with zero attached hydrogens (tertiary/aromatic N) is 4. The lowest BCUT2D eigenvalue weighted by Crippen LogP contribution is -2.39. The number of nitrogens with one attached hydrogen (secondary N) is 1. The molecule has 1 aromatic heterocycles. The second kappa shape index (κ2) is 11.1. The summed E-state index contributed by atoms with van der Waals surface area (Å²) in [6.07, 6.45) is 4.23. The van der Waals surface area contributed by atoms with E-state index in [1.165, 1.54) is 10.5 Å². The summed E-state index contributed by atoms with van der Waals surface area (Å²) in [7, 11) is 0. The summed E-state index contributed by atoms with van der Waals surface area (Å²) in [5, 5.41) is 12.9. The van der Waals surface area contributed by atoms with Gasteiger partial charge in [0.2, 0.25) is 11.8 Å². The SMILES string of the molecule is CSc1ccc(CN2CCC(Nc3nc4c(c(Oc5c(C)cc(C#N)cc5C)n3)CSC4)CC2)cc1. The number of hydrogen-bond donors (Lipinski definition) is 1. The highest BCUT2D eigenvalue weighted by atomic mass is 32.2. The van der Waals surface area contributed by atoms with E-state index in [9.17, 15) is 5.26 Å². The Morgan fingerprint density at radius 3 is 2.50 bits per heavy atom. The number of thioether (sulfide) groups is 2. The van der Waals surface area contributed by atoms with Crippen molar-refractivity contribution in [1.82, 2.24) is 14.9 Å². The Labute approximate surface area is 221 Å². The maximum absolute atomic E-state index is 9.27. The Morgan fingerprint density at radius 2 is 1.83 bits per heavy atom. The molecule has 8 heteroatoms. The van der Waals surface area contributed by atoms with Gasteiger partial charge in [-0.25, -0.2) is 4.98 Å². The van der Waals surface area contributed by atoms with Crippen LogP contribution in [0.5, 0.6) is 11.6 Å². The summed E-state index contributed by atoms with van der Waals surface area (Å²) in [5.41, 5.74) is 6.03. The van der Waals surface area contributed by atoms with Crippen LogP contribution in [0, 0.1) is 25.2 Å². The van der Waals surface area contributed by atoms with Crippen molar-refractivity contribution < 1.29 is 4.74 Å². The van der Waals surface area contributed by atoms with Crippen molar-refractivity contribution in [3.8, 4) is 17.7 Å². The van der Waals surface area contributed by atoms with Gasteiger partial charge in [0, 0.05) is 47.6 Å². The predicted molar refractivity (Wildman–Crippen MR) is 148 cm³/mol. The first-order valence-electron chi connectivity index (χ1n) is 12.3. The topological polar surface area (TPSA) is 74.1 Å². The van der Waals surface area contributed by atoms with E-state index in [2.05, 4.69) is 46.8 Å². The molecule has 0 amide bonds. The lowest BCUT2D eigenvalue weighted by molar-refractivity contribution is 0.211.